The Morgan fingerprint density at radius 1 is 1.24 bits per heavy atom. The van der Waals surface area contributed by atoms with Crippen LogP contribution in [0.15, 0.2) is 29.2 Å². The number of amides is 1. The molecule has 7 nitrogen and oxygen atoms in total. The van der Waals surface area contributed by atoms with Crippen LogP contribution in [0.3, 0.4) is 0 Å². The number of hydrogen-bond donors (Lipinski definition) is 1. The fourth-order valence-electron chi connectivity index (χ4n) is 1.86. The first-order chi connectivity index (χ1) is 11.6. The number of hydrogen-bond acceptors (Lipinski definition) is 5. The van der Waals surface area contributed by atoms with Crippen molar-refractivity contribution in [2.75, 3.05) is 13.7 Å². The van der Waals surface area contributed by atoms with Crippen molar-refractivity contribution in [1.82, 2.24) is 9.62 Å². The number of nitrogens with one attached hydrogen (secondary N) is 1. The number of sulfonamides is 1. The van der Waals surface area contributed by atoms with Gasteiger partial charge in [-0.05, 0) is 45.4 Å². The number of nitrogens with zero attached hydrogens (tertiary/aromatic N) is 1. The van der Waals surface area contributed by atoms with Crippen LogP contribution in [0.25, 0.3) is 0 Å². The summed E-state index contributed by atoms with van der Waals surface area (Å²) in [4.78, 5) is 23.7. The maximum atomic E-state index is 12.5. The number of carbonyl (C=O) groups excluding carboxylic acids is 2. The van der Waals surface area contributed by atoms with Crippen molar-refractivity contribution in [3.05, 3.63) is 29.8 Å². The highest BCUT2D eigenvalue weighted by atomic mass is 32.2. The Bertz CT molecular complexity index is 716. The molecule has 0 radical (unpaired) electrons. The molecule has 0 heterocycles. The number of rotatable bonds is 8. The average Bonchev–Trinajstić information content (AvgIpc) is 2.58. The quantitative estimate of drug-likeness (QED) is 0.704. The average molecular weight is 370 g/mol. The minimum Gasteiger partial charge on any atom is -0.452 e. The molecule has 8 heteroatoms. The van der Waals surface area contributed by atoms with E-state index in [4.69, 9.17) is 4.74 Å². The SMILES string of the molecule is CC[C@H](C)NC(=O)COC(=O)c1cccc(S(=O)(=O)N(C)C(C)C)c1. The number of ether oxygens (including phenoxy) is 1. The monoisotopic (exact) mass is 370 g/mol. The van der Waals surface area contributed by atoms with Gasteiger partial charge in [0.15, 0.2) is 6.61 Å². The Labute approximate surface area is 149 Å². The summed E-state index contributed by atoms with van der Waals surface area (Å²) in [6, 6.07) is 5.36. The van der Waals surface area contributed by atoms with Crippen molar-refractivity contribution in [1.29, 1.82) is 0 Å². The van der Waals surface area contributed by atoms with Crippen LogP contribution in [0, 0.1) is 0 Å². The molecule has 25 heavy (non-hydrogen) atoms. The molecule has 0 aliphatic heterocycles. The van der Waals surface area contributed by atoms with Crippen LogP contribution in [0.2, 0.25) is 0 Å². The largest absolute Gasteiger partial charge is 0.452 e. The van der Waals surface area contributed by atoms with E-state index in [1.807, 2.05) is 13.8 Å². The zero-order chi connectivity index (χ0) is 19.2. The van der Waals surface area contributed by atoms with Gasteiger partial charge in [-0.1, -0.05) is 13.0 Å². The molecule has 1 aromatic rings. The third-order valence-electron chi connectivity index (χ3n) is 3.83. The molecular formula is C17H26N2O5S. The molecule has 1 amide bonds. The molecule has 0 fully saturated rings. The molecule has 0 bridgehead atoms. The lowest BCUT2D eigenvalue weighted by atomic mass is 10.2. The predicted molar refractivity (Wildman–Crippen MR) is 94.7 cm³/mol. The summed E-state index contributed by atoms with van der Waals surface area (Å²) in [7, 11) is -2.22. The standard InChI is InChI=1S/C17H26N2O5S/c1-6-13(4)18-16(20)11-24-17(21)14-8-7-9-15(10-14)25(22,23)19(5)12(2)3/h7-10,12-13H,6,11H2,1-5H3,(H,18,20)/t13-/m0/s1. The van der Waals surface area contributed by atoms with Gasteiger partial charge in [-0.2, -0.15) is 4.31 Å². The molecule has 1 N–H and O–H groups in total. The van der Waals surface area contributed by atoms with Crippen LogP contribution in [-0.2, 0) is 19.6 Å². The van der Waals surface area contributed by atoms with Gasteiger partial charge in [0.05, 0.1) is 10.5 Å². The van der Waals surface area contributed by atoms with E-state index in [0.717, 1.165) is 6.42 Å². The Morgan fingerprint density at radius 3 is 2.44 bits per heavy atom. The minimum absolute atomic E-state index is 0.00204. The van der Waals surface area contributed by atoms with Crippen molar-refractivity contribution >= 4 is 21.9 Å². The summed E-state index contributed by atoms with van der Waals surface area (Å²) in [5, 5.41) is 2.68. The van der Waals surface area contributed by atoms with Crippen LogP contribution in [0.5, 0.6) is 0 Å². The molecule has 0 spiro atoms. The normalized spacial score (nSPS) is 12.9. The minimum atomic E-state index is -3.70. The third kappa shape index (κ3) is 5.82. The molecule has 1 rings (SSSR count). The molecule has 0 aromatic heterocycles. The van der Waals surface area contributed by atoms with E-state index in [9.17, 15) is 18.0 Å². The second-order valence-corrected chi connectivity index (χ2v) is 8.09. The van der Waals surface area contributed by atoms with Gasteiger partial charge in [0.2, 0.25) is 10.0 Å². The molecule has 0 aliphatic carbocycles. The summed E-state index contributed by atoms with van der Waals surface area (Å²) in [5.74, 6) is -1.14. The van der Waals surface area contributed by atoms with Crippen LogP contribution in [0.4, 0.5) is 0 Å². The van der Waals surface area contributed by atoms with E-state index < -0.39 is 28.5 Å². The second-order valence-electron chi connectivity index (χ2n) is 6.10. The Balaban J connectivity index is 2.84. The zero-order valence-corrected chi connectivity index (χ0v) is 16.1. The van der Waals surface area contributed by atoms with Crippen molar-refractivity contribution in [3.63, 3.8) is 0 Å². The second kappa shape index (κ2) is 8.96. The topological polar surface area (TPSA) is 92.8 Å². The smallest absolute Gasteiger partial charge is 0.338 e. The van der Waals surface area contributed by atoms with E-state index >= 15 is 0 Å². The van der Waals surface area contributed by atoms with Gasteiger partial charge in [0, 0.05) is 19.1 Å². The molecule has 0 saturated heterocycles. The lowest BCUT2D eigenvalue weighted by molar-refractivity contribution is -0.124. The van der Waals surface area contributed by atoms with Crippen LogP contribution < -0.4 is 5.32 Å². The molecule has 0 unspecified atom stereocenters. The highest BCUT2D eigenvalue weighted by Crippen LogP contribution is 2.18. The Morgan fingerprint density at radius 2 is 1.88 bits per heavy atom. The molecule has 0 aliphatic rings. The fourth-order valence-corrected chi connectivity index (χ4v) is 3.27. The summed E-state index contributed by atoms with van der Waals surface area (Å²) in [6.45, 7) is 6.87. The Kier molecular flexibility index (Phi) is 7.57. The molecule has 1 atom stereocenters. The highest BCUT2D eigenvalue weighted by Gasteiger charge is 2.24. The van der Waals surface area contributed by atoms with Gasteiger partial charge >= 0.3 is 5.97 Å². The zero-order valence-electron chi connectivity index (χ0n) is 15.3. The number of esters is 1. The number of carbonyl (C=O) groups is 2. The van der Waals surface area contributed by atoms with Gasteiger partial charge < -0.3 is 10.1 Å². The van der Waals surface area contributed by atoms with Gasteiger partial charge in [-0.15, -0.1) is 0 Å². The Hall–Kier alpha value is -1.93. The summed E-state index contributed by atoms with van der Waals surface area (Å²) in [5.41, 5.74) is 0.0783. The summed E-state index contributed by atoms with van der Waals surface area (Å²) < 4.78 is 31.1. The van der Waals surface area contributed by atoms with Gasteiger partial charge in [-0.3, -0.25) is 4.79 Å². The molecule has 1 aromatic carbocycles. The lowest BCUT2D eigenvalue weighted by Crippen LogP contribution is -2.35. The van der Waals surface area contributed by atoms with E-state index in [-0.39, 0.29) is 22.5 Å². The maximum Gasteiger partial charge on any atom is 0.338 e. The van der Waals surface area contributed by atoms with E-state index in [2.05, 4.69) is 5.32 Å². The van der Waals surface area contributed by atoms with Crippen LogP contribution in [-0.4, -0.2) is 50.3 Å². The first-order valence-corrected chi connectivity index (χ1v) is 9.58. The van der Waals surface area contributed by atoms with Crippen molar-refractivity contribution in [3.8, 4) is 0 Å². The maximum absolute atomic E-state index is 12.5. The van der Waals surface area contributed by atoms with Crippen LogP contribution in [0.1, 0.15) is 44.5 Å². The first-order valence-electron chi connectivity index (χ1n) is 8.14. The van der Waals surface area contributed by atoms with Crippen molar-refractivity contribution in [2.45, 2.75) is 51.1 Å². The van der Waals surface area contributed by atoms with Crippen molar-refractivity contribution in [2.24, 2.45) is 0 Å². The van der Waals surface area contributed by atoms with Gasteiger partial charge in [-0.25, -0.2) is 13.2 Å². The van der Waals surface area contributed by atoms with E-state index in [1.54, 1.807) is 13.8 Å². The molecule has 140 valence electrons. The number of benzene rings is 1. The fraction of sp³-hybridized carbons (Fsp3) is 0.529. The van der Waals surface area contributed by atoms with E-state index in [0.29, 0.717) is 0 Å². The molecular weight excluding hydrogens is 344 g/mol. The first kappa shape index (κ1) is 21.1. The van der Waals surface area contributed by atoms with Gasteiger partial charge in [0.25, 0.3) is 5.91 Å². The summed E-state index contributed by atoms with van der Waals surface area (Å²) in [6.07, 6.45) is 0.767. The van der Waals surface area contributed by atoms with Crippen LogP contribution >= 0.6 is 0 Å². The predicted octanol–water partition coefficient (Wildman–Crippen LogP) is 1.79. The van der Waals surface area contributed by atoms with E-state index in [1.165, 1.54) is 35.6 Å². The van der Waals surface area contributed by atoms with Crippen molar-refractivity contribution < 1.29 is 22.7 Å². The highest BCUT2D eigenvalue weighted by molar-refractivity contribution is 7.89. The lowest BCUT2D eigenvalue weighted by Gasteiger charge is -2.21. The third-order valence-corrected chi connectivity index (χ3v) is 5.86. The molecule has 0 saturated carbocycles. The summed E-state index contributed by atoms with van der Waals surface area (Å²) >= 11 is 0. The van der Waals surface area contributed by atoms with Gasteiger partial charge in [0.1, 0.15) is 0 Å².